The second kappa shape index (κ2) is 5.64. The maximum Gasteiger partial charge on any atom is 0.261 e. The highest BCUT2D eigenvalue weighted by Crippen LogP contribution is 2.19. The molecule has 0 bridgehead atoms. The quantitative estimate of drug-likeness (QED) is 0.923. The van der Waals surface area contributed by atoms with Crippen molar-refractivity contribution in [3.8, 4) is 5.75 Å². The molecule has 18 heavy (non-hydrogen) atoms. The second-order valence-electron chi connectivity index (χ2n) is 3.62. The molecule has 0 saturated carbocycles. The van der Waals surface area contributed by atoms with Crippen LogP contribution in [0, 0.1) is 5.82 Å². The summed E-state index contributed by atoms with van der Waals surface area (Å²) in [6.07, 6.45) is 0. The van der Waals surface area contributed by atoms with Crippen LogP contribution in [0.3, 0.4) is 0 Å². The third kappa shape index (κ3) is 2.87. The Hall–Kier alpha value is -1.88. The van der Waals surface area contributed by atoms with Crippen molar-refractivity contribution in [1.82, 2.24) is 5.32 Å². The number of hydrogen-bond acceptors (Lipinski definition) is 3. The highest BCUT2D eigenvalue weighted by Gasteiger charge is 2.09. The molecule has 0 aliphatic carbocycles. The van der Waals surface area contributed by atoms with E-state index in [2.05, 4.69) is 5.32 Å². The van der Waals surface area contributed by atoms with Crippen LogP contribution in [0.15, 0.2) is 35.7 Å². The molecule has 1 amide bonds. The Kier molecular flexibility index (Phi) is 3.94. The number of amides is 1. The van der Waals surface area contributed by atoms with E-state index in [-0.39, 0.29) is 18.3 Å². The Morgan fingerprint density at radius 3 is 2.94 bits per heavy atom. The van der Waals surface area contributed by atoms with E-state index < -0.39 is 0 Å². The minimum absolute atomic E-state index is 0.170. The molecule has 3 nitrogen and oxygen atoms in total. The lowest BCUT2D eigenvalue weighted by molar-refractivity contribution is 0.0954. The van der Waals surface area contributed by atoms with Crippen molar-refractivity contribution < 1.29 is 13.9 Å². The van der Waals surface area contributed by atoms with Crippen LogP contribution in [0.5, 0.6) is 5.75 Å². The topological polar surface area (TPSA) is 38.3 Å². The van der Waals surface area contributed by atoms with Crippen LogP contribution in [0.25, 0.3) is 0 Å². The summed E-state index contributed by atoms with van der Waals surface area (Å²) in [6.45, 7) is 0.234. The lowest BCUT2D eigenvalue weighted by Crippen LogP contribution is -2.22. The fourth-order valence-electron chi connectivity index (χ4n) is 1.56. The van der Waals surface area contributed by atoms with Crippen molar-refractivity contribution >= 4 is 17.2 Å². The maximum absolute atomic E-state index is 13.1. The molecule has 94 valence electrons. The van der Waals surface area contributed by atoms with E-state index >= 15 is 0 Å². The minimum Gasteiger partial charge on any atom is -0.496 e. The van der Waals surface area contributed by atoms with Gasteiger partial charge < -0.3 is 10.1 Å². The van der Waals surface area contributed by atoms with Crippen molar-refractivity contribution in [3.63, 3.8) is 0 Å². The van der Waals surface area contributed by atoms with E-state index in [1.807, 2.05) is 11.4 Å². The van der Waals surface area contributed by atoms with Crippen LogP contribution in [0.2, 0.25) is 0 Å². The Labute approximate surface area is 108 Å². The molecule has 2 aromatic rings. The zero-order valence-corrected chi connectivity index (χ0v) is 10.6. The van der Waals surface area contributed by atoms with E-state index in [9.17, 15) is 9.18 Å². The van der Waals surface area contributed by atoms with Gasteiger partial charge in [0.05, 0.1) is 12.0 Å². The highest BCUT2D eigenvalue weighted by molar-refractivity contribution is 7.12. The van der Waals surface area contributed by atoms with E-state index in [1.54, 1.807) is 12.1 Å². The fourth-order valence-corrected chi connectivity index (χ4v) is 2.20. The van der Waals surface area contributed by atoms with Gasteiger partial charge in [0.15, 0.2) is 0 Å². The van der Waals surface area contributed by atoms with Gasteiger partial charge in [-0.1, -0.05) is 6.07 Å². The third-order valence-corrected chi connectivity index (χ3v) is 3.30. The van der Waals surface area contributed by atoms with Gasteiger partial charge in [0, 0.05) is 12.1 Å². The van der Waals surface area contributed by atoms with Gasteiger partial charge in [-0.15, -0.1) is 11.3 Å². The molecule has 5 heteroatoms. The molecule has 0 aliphatic rings. The first-order chi connectivity index (χ1) is 8.70. The molecule has 0 aliphatic heterocycles. The van der Waals surface area contributed by atoms with Crippen LogP contribution < -0.4 is 10.1 Å². The van der Waals surface area contributed by atoms with Crippen molar-refractivity contribution in [2.24, 2.45) is 0 Å². The number of carbonyl (C=O) groups excluding carboxylic acids is 1. The van der Waals surface area contributed by atoms with E-state index in [4.69, 9.17) is 4.74 Å². The summed E-state index contributed by atoms with van der Waals surface area (Å²) < 4.78 is 18.2. The van der Waals surface area contributed by atoms with Gasteiger partial charge in [0.2, 0.25) is 0 Å². The smallest absolute Gasteiger partial charge is 0.261 e. The monoisotopic (exact) mass is 265 g/mol. The third-order valence-electron chi connectivity index (χ3n) is 2.43. The molecule has 1 N–H and O–H groups in total. The molecule has 2 rings (SSSR count). The lowest BCUT2D eigenvalue weighted by Gasteiger charge is -2.09. The maximum atomic E-state index is 13.1. The van der Waals surface area contributed by atoms with Gasteiger partial charge in [-0.25, -0.2) is 4.39 Å². The molecule has 0 saturated heterocycles. The molecular formula is C13H12FNO2S. The van der Waals surface area contributed by atoms with Gasteiger partial charge in [0.1, 0.15) is 11.6 Å². The minimum atomic E-state index is -0.351. The largest absolute Gasteiger partial charge is 0.496 e. The van der Waals surface area contributed by atoms with Gasteiger partial charge in [-0.2, -0.15) is 0 Å². The summed E-state index contributed by atoms with van der Waals surface area (Å²) >= 11 is 1.36. The first-order valence-corrected chi connectivity index (χ1v) is 6.23. The lowest BCUT2D eigenvalue weighted by atomic mass is 10.2. The van der Waals surface area contributed by atoms with Crippen molar-refractivity contribution in [1.29, 1.82) is 0 Å². The van der Waals surface area contributed by atoms with Crippen molar-refractivity contribution in [2.45, 2.75) is 6.54 Å². The zero-order valence-electron chi connectivity index (χ0n) is 9.77. The van der Waals surface area contributed by atoms with Crippen LogP contribution in [0.1, 0.15) is 15.2 Å². The normalized spacial score (nSPS) is 10.1. The van der Waals surface area contributed by atoms with Crippen LogP contribution in [0.4, 0.5) is 4.39 Å². The number of thiophene rings is 1. The molecule has 0 fully saturated rings. The number of benzene rings is 1. The summed E-state index contributed by atoms with van der Waals surface area (Å²) in [5.41, 5.74) is 0.613. The Bertz CT molecular complexity index is 540. The Morgan fingerprint density at radius 2 is 2.28 bits per heavy atom. The first-order valence-electron chi connectivity index (χ1n) is 5.35. The molecule has 0 unspecified atom stereocenters. The van der Waals surface area contributed by atoms with Crippen LogP contribution in [-0.4, -0.2) is 13.0 Å². The standard InChI is InChI=1S/C13H12FNO2S/c1-17-11-5-4-10(14)7-9(11)8-15-13(16)12-3-2-6-18-12/h2-7H,8H2,1H3,(H,15,16). The number of hydrogen-bond donors (Lipinski definition) is 1. The number of rotatable bonds is 4. The van der Waals surface area contributed by atoms with Gasteiger partial charge >= 0.3 is 0 Å². The fraction of sp³-hybridized carbons (Fsp3) is 0.154. The zero-order chi connectivity index (χ0) is 13.0. The summed E-state index contributed by atoms with van der Waals surface area (Å²) in [6, 6.07) is 7.77. The predicted octanol–water partition coefficient (Wildman–Crippen LogP) is 2.83. The number of nitrogens with one attached hydrogen (secondary N) is 1. The highest BCUT2D eigenvalue weighted by atomic mass is 32.1. The molecule has 0 atom stereocenters. The Morgan fingerprint density at radius 1 is 1.44 bits per heavy atom. The van der Waals surface area contributed by atoms with Crippen LogP contribution >= 0.6 is 11.3 Å². The average molecular weight is 265 g/mol. The molecule has 1 aromatic carbocycles. The van der Waals surface area contributed by atoms with Crippen LogP contribution in [-0.2, 0) is 6.54 Å². The number of methoxy groups -OCH3 is 1. The SMILES string of the molecule is COc1ccc(F)cc1CNC(=O)c1cccs1. The molecule has 1 aromatic heterocycles. The average Bonchev–Trinajstić information content (AvgIpc) is 2.90. The molecule has 0 radical (unpaired) electrons. The van der Waals surface area contributed by atoms with E-state index in [0.29, 0.717) is 16.2 Å². The van der Waals surface area contributed by atoms with E-state index in [0.717, 1.165) is 0 Å². The number of ether oxygens (including phenoxy) is 1. The number of halogens is 1. The second-order valence-corrected chi connectivity index (χ2v) is 4.56. The van der Waals surface area contributed by atoms with Crippen molar-refractivity contribution in [2.75, 3.05) is 7.11 Å². The predicted molar refractivity (Wildman–Crippen MR) is 68.4 cm³/mol. The summed E-state index contributed by atoms with van der Waals surface area (Å²) in [4.78, 5) is 12.4. The number of carbonyl (C=O) groups is 1. The van der Waals surface area contributed by atoms with Gasteiger partial charge in [-0.05, 0) is 29.6 Å². The van der Waals surface area contributed by atoms with Gasteiger partial charge in [-0.3, -0.25) is 4.79 Å². The molecule has 0 spiro atoms. The summed E-state index contributed by atoms with van der Waals surface area (Å²) in [5, 5.41) is 4.56. The summed E-state index contributed by atoms with van der Waals surface area (Å²) in [7, 11) is 1.51. The summed E-state index contributed by atoms with van der Waals surface area (Å²) in [5.74, 6) is 0.0374. The Balaban J connectivity index is 2.06. The first kappa shape index (κ1) is 12.6. The van der Waals surface area contributed by atoms with Gasteiger partial charge in [0.25, 0.3) is 5.91 Å². The van der Waals surface area contributed by atoms with Crippen molar-refractivity contribution in [3.05, 3.63) is 52.0 Å². The molecular weight excluding hydrogens is 253 g/mol. The van der Waals surface area contributed by atoms with E-state index in [1.165, 1.54) is 30.6 Å². The molecule has 1 heterocycles.